The number of likely N-dealkylation sites (N-methyl/N-ethyl adjacent to an activating group) is 1. The van der Waals surface area contributed by atoms with Crippen molar-refractivity contribution in [2.75, 3.05) is 151 Å². The number of anilines is 1. The average molecular weight is 1630 g/mol. The Bertz CT molecular complexity index is 4220. The number of aromatic nitrogens is 5. The van der Waals surface area contributed by atoms with Crippen LogP contribution in [-0.4, -0.2) is 235 Å². The number of nitrogens with two attached hydrogens (primary N) is 1. The van der Waals surface area contributed by atoms with Crippen LogP contribution >= 0.6 is 0 Å². The van der Waals surface area contributed by atoms with Gasteiger partial charge < -0.3 is 105 Å². The number of ether oxygens (including phenoxy) is 11. The van der Waals surface area contributed by atoms with Gasteiger partial charge in [0.05, 0.1) is 159 Å². The Morgan fingerprint density at radius 1 is 0.741 bits per heavy atom. The largest absolute Gasteiger partial charge is 0.458 e. The molecule has 9 rings (SSSR count). The number of primary amides is 1. The van der Waals surface area contributed by atoms with E-state index in [2.05, 4.69) is 47.5 Å². The number of rotatable bonds is 52. The van der Waals surface area contributed by atoms with Crippen LogP contribution in [0.4, 0.5) is 19.7 Å². The molecule has 35 nitrogen and oxygen atoms in total. The van der Waals surface area contributed by atoms with Gasteiger partial charge in [0.2, 0.25) is 23.6 Å². The molecular weight excluding hydrogens is 1510 g/mol. The van der Waals surface area contributed by atoms with Crippen LogP contribution in [0.5, 0.6) is 0 Å². The number of amides is 7. The van der Waals surface area contributed by atoms with Crippen LogP contribution in [0.3, 0.4) is 0 Å². The van der Waals surface area contributed by atoms with Gasteiger partial charge in [-0.15, -0.1) is 5.10 Å². The maximum Gasteiger partial charge on any atom is 0.407 e. The van der Waals surface area contributed by atoms with E-state index in [4.69, 9.17) is 62.8 Å². The van der Waals surface area contributed by atoms with Crippen LogP contribution in [0.2, 0.25) is 0 Å². The zero-order valence-electron chi connectivity index (χ0n) is 66.9. The number of aliphatic hydroxyl groups is 1. The Labute approximate surface area is 672 Å². The molecule has 0 bridgehead atoms. The maximum absolute atomic E-state index is 15.4. The van der Waals surface area contributed by atoms with E-state index < -0.39 is 89.7 Å². The molecule has 4 aliphatic rings. The normalized spacial score (nSPS) is 16.5. The first kappa shape index (κ1) is 90.6. The molecule has 5 atom stereocenters. The van der Waals surface area contributed by atoms with E-state index in [0.29, 0.717) is 149 Å². The lowest BCUT2D eigenvalue weighted by atomic mass is 9.81. The minimum atomic E-state index is -2.05. The van der Waals surface area contributed by atoms with Crippen LogP contribution in [0, 0.1) is 24.6 Å². The second-order valence-corrected chi connectivity index (χ2v) is 29.1. The highest BCUT2D eigenvalue weighted by Gasteiger charge is 2.46. The van der Waals surface area contributed by atoms with Crippen molar-refractivity contribution in [2.45, 2.75) is 161 Å². The number of fused-ring (bicyclic) bond motifs is 6. The molecule has 0 saturated heterocycles. The second-order valence-electron chi connectivity index (χ2n) is 29.1. The van der Waals surface area contributed by atoms with Gasteiger partial charge in [0.1, 0.15) is 44.0 Å². The summed E-state index contributed by atoms with van der Waals surface area (Å²) in [5.74, 6) is -4.99. The highest BCUT2D eigenvalue weighted by molar-refractivity contribution is 5.98. The fraction of sp³-hybridized carbons (Fsp3) is 0.613. The summed E-state index contributed by atoms with van der Waals surface area (Å²) < 4.78 is 80.2. The van der Waals surface area contributed by atoms with Crippen LogP contribution in [0.25, 0.3) is 22.3 Å². The van der Waals surface area contributed by atoms with Gasteiger partial charge in [0, 0.05) is 73.1 Å². The van der Waals surface area contributed by atoms with Gasteiger partial charge in [-0.25, -0.2) is 28.4 Å². The molecule has 0 saturated carbocycles. The fourth-order valence-corrected chi connectivity index (χ4v) is 14.2. The Kier molecular flexibility index (Phi) is 36.4. The number of urea groups is 1. The smallest absolute Gasteiger partial charge is 0.407 e. The average Bonchev–Trinajstić information content (AvgIpc) is 1.50. The van der Waals surface area contributed by atoms with E-state index in [1.807, 2.05) is 11.7 Å². The lowest BCUT2D eigenvalue weighted by Gasteiger charge is -2.31. The van der Waals surface area contributed by atoms with Crippen molar-refractivity contribution >= 4 is 69.9 Å². The predicted molar refractivity (Wildman–Crippen MR) is 417 cm³/mol. The minimum absolute atomic E-state index is 0.0408. The van der Waals surface area contributed by atoms with Gasteiger partial charge in [-0.2, -0.15) is 0 Å². The van der Waals surface area contributed by atoms with Crippen molar-refractivity contribution in [3.63, 3.8) is 0 Å². The number of hydrogen-bond donors (Lipinski definition) is 9. The number of nitrogens with zero attached hydrogens (tertiary/aromatic N) is 5. The molecule has 10 N–H and O–H groups in total. The predicted octanol–water partition coefficient (Wildman–Crippen LogP) is 3.94. The molecule has 0 radical (unpaired) electrons. The number of carbonyl (C=O) groups excluding carboxylic acids is 9. The van der Waals surface area contributed by atoms with E-state index in [9.17, 15) is 53.1 Å². The zero-order valence-corrected chi connectivity index (χ0v) is 66.9. The summed E-state index contributed by atoms with van der Waals surface area (Å²) in [6.07, 6.45) is 4.17. The number of pyridine rings is 2. The molecule has 5 heterocycles. The van der Waals surface area contributed by atoms with Gasteiger partial charge in [0.15, 0.2) is 17.2 Å². The number of hydrogen-bond acceptors (Lipinski definition) is 26. The Morgan fingerprint density at radius 3 is 2.11 bits per heavy atom. The van der Waals surface area contributed by atoms with Crippen molar-refractivity contribution in [1.82, 2.24) is 56.4 Å². The van der Waals surface area contributed by atoms with Crippen molar-refractivity contribution < 1.29 is 105 Å². The number of esters is 1. The third-order valence-corrected chi connectivity index (χ3v) is 20.5. The molecule has 2 aliphatic carbocycles. The Hall–Kier alpha value is -9.34. The summed E-state index contributed by atoms with van der Waals surface area (Å²) in [5.41, 5.74) is 9.18. The number of alkyl carbamates (subject to hydrolysis) is 1. The molecule has 0 fully saturated rings. The Balaban J connectivity index is 0.603. The maximum atomic E-state index is 15.4. The summed E-state index contributed by atoms with van der Waals surface area (Å²) in [5, 5.41) is 40.3. The summed E-state index contributed by atoms with van der Waals surface area (Å²) in [6.45, 7) is 12.2. The number of halogens is 1. The number of ketones is 2. The molecule has 0 spiro atoms. The lowest BCUT2D eigenvalue weighted by molar-refractivity contribution is -0.172. The molecule has 3 aromatic heterocycles. The molecule has 2 aromatic carbocycles. The van der Waals surface area contributed by atoms with Crippen LogP contribution < -0.4 is 48.5 Å². The third kappa shape index (κ3) is 26.3. The van der Waals surface area contributed by atoms with Gasteiger partial charge in [-0.1, -0.05) is 51.0 Å². The molecular formula is C80H112FN13O22. The first-order chi connectivity index (χ1) is 56.1. The van der Waals surface area contributed by atoms with Gasteiger partial charge in [0.25, 0.3) is 5.56 Å². The van der Waals surface area contributed by atoms with Crippen molar-refractivity contribution in [1.29, 1.82) is 0 Å². The summed E-state index contributed by atoms with van der Waals surface area (Å²) in [4.78, 5) is 136. The third-order valence-electron chi connectivity index (χ3n) is 20.5. The molecule has 636 valence electrons. The lowest BCUT2D eigenvalue weighted by Crippen LogP contribution is -2.45. The van der Waals surface area contributed by atoms with E-state index in [0.717, 1.165) is 55.6 Å². The first-order valence-electron chi connectivity index (χ1n) is 39.9. The van der Waals surface area contributed by atoms with Crippen LogP contribution in [-0.2, 0) is 130 Å². The molecule has 1 unspecified atom stereocenters. The van der Waals surface area contributed by atoms with Crippen molar-refractivity contribution in [3.05, 3.63) is 103 Å². The summed E-state index contributed by atoms with van der Waals surface area (Å²) in [6, 6.07) is 6.99. The highest BCUT2D eigenvalue weighted by Crippen LogP contribution is 2.46. The van der Waals surface area contributed by atoms with E-state index in [-0.39, 0.29) is 133 Å². The van der Waals surface area contributed by atoms with E-state index in [1.165, 1.54) is 10.6 Å². The Morgan fingerprint density at radius 2 is 1.42 bits per heavy atom. The molecule has 7 amide bonds. The number of cyclic esters (lactones) is 1. The van der Waals surface area contributed by atoms with Crippen LogP contribution in [0.15, 0.2) is 41.2 Å². The van der Waals surface area contributed by atoms with Crippen molar-refractivity contribution in [3.8, 4) is 11.4 Å². The van der Waals surface area contributed by atoms with Crippen molar-refractivity contribution in [2.24, 2.45) is 17.6 Å². The van der Waals surface area contributed by atoms with Gasteiger partial charge in [-0.05, 0) is 112 Å². The van der Waals surface area contributed by atoms with E-state index in [1.54, 1.807) is 58.0 Å². The molecule has 116 heavy (non-hydrogen) atoms. The number of Topliss-reactive ketones (excluding diaryl/α,β-unsaturated/α-hetero) is 2. The second kappa shape index (κ2) is 46.6. The highest BCUT2D eigenvalue weighted by atomic mass is 19.1. The topological polar surface area (TPSA) is 451 Å². The number of benzene rings is 2. The molecule has 36 heteroatoms. The van der Waals surface area contributed by atoms with Crippen LogP contribution in [0.1, 0.15) is 154 Å². The zero-order chi connectivity index (χ0) is 82.9. The quantitative estimate of drug-likeness (QED) is 0.0193. The number of nitrogens with one attached hydrogen (secondary N) is 7. The van der Waals surface area contributed by atoms with Gasteiger partial charge in [-0.3, -0.25) is 33.6 Å². The fourth-order valence-electron chi connectivity index (χ4n) is 14.2. The SMILES string of the molecule is CC[C@@]1(O)C(=O)OCc2c1cc1n(c2=O)Cc2c-1nc1cc(F)c(C)c3c1c2[C@@H](NC(=O)COCCC(=O)CNC(=O)OCc1ccc(NC(=O)[C@H](CCCNC(N)=O)CC(=O)[C@@H](NC(=O)CCOCCOCCOCCOCCNC(=O)COC2CCCCCc4c2nnn4CCOCCOCCOCCNC)C(C)C)cc1)CC3. The standard InChI is InChI=1S/C80H112FN13O22/c1-6-80(105)59-42-64-73-57(45-93(64)76(101)58(59)47-115-77(80)102)71-61(19-18-56-51(4)60(81)43-62(89-73)70(56)71)88-69(99)48-113-26-20-55(95)44-86-79(104)116-46-52-14-16-54(17-15-52)87-75(100)53(11-10-22-85-78(82)103)41-65(96)72(50(2)3)90-67(97)21-27-106-31-35-110-39-40-112-37-33-108-29-24-84-68(98)49-114-66-13-9-7-8-12-63-74(66)91-92-94(63)25-30-109-34-38-111-36-32-107-28-23-83-5/h14-17,42-43,50,53,61,66,72,83,105H,6-13,18-41,44-49H2,1-5H3,(H,84,98)(H,86,104)(H,87,100)(H,88,99)(H,90,97)(H3,82,85,103)/t53-,61+,66?,72+,80+/m1/s1. The summed E-state index contributed by atoms with van der Waals surface area (Å²) in [7, 11) is 1.88. The monoisotopic (exact) mass is 1630 g/mol. The summed E-state index contributed by atoms with van der Waals surface area (Å²) >= 11 is 0. The number of carbonyl (C=O) groups is 9. The van der Waals surface area contributed by atoms with Gasteiger partial charge >= 0.3 is 18.1 Å². The number of aryl methyl sites for hydroxylation is 1. The molecule has 5 aromatic rings. The minimum Gasteiger partial charge on any atom is -0.458 e. The first-order valence-corrected chi connectivity index (χ1v) is 39.9. The molecule has 2 aliphatic heterocycles. The van der Waals surface area contributed by atoms with E-state index >= 15 is 4.39 Å².